The SMILES string of the molecule is COc1cc(NC(C(=O)N2CCc3ccc(OC(F)(F)F)cc32)c2ccc(Cl)cc2OC)cc(OCCC(C)C=O)c1. The van der Waals surface area contributed by atoms with Gasteiger partial charge in [0.1, 0.15) is 35.3 Å². The third kappa shape index (κ3) is 7.58. The van der Waals surface area contributed by atoms with Crippen molar-refractivity contribution in [2.45, 2.75) is 32.2 Å². The second-order valence-corrected chi connectivity index (χ2v) is 10.1. The standard InChI is InChI=1S/C30H30ClF3N2O6/c1-18(17-37)9-11-41-24-14-21(13-23(15-24)39-2)35-28(25-7-5-20(31)12-27(25)40-3)29(38)36-10-8-19-4-6-22(16-26(19)36)42-30(32,33)34/h4-7,12-18,28,35H,8-11H2,1-3H3. The molecule has 1 amide bonds. The molecular formula is C30H30ClF3N2O6. The Morgan fingerprint density at radius 1 is 1.05 bits per heavy atom. The number of aldehydes is 1. The maximum absolute atomic E-state index is 14.2. The Kier molecular flexibility index (Phi) is 9.72. The van der Waals surface area contributed by atoms with Crippen LogP contribution in [-0.2, 0) is 16.0 Å². The highest BCUT2D eigenvalue weighted by Crippen LogP contribution is 2.39. The quantitative estimate of drug-likeness (QED) is 0.232. The van der Waals surface area contributed by atoms with Gasteiger partial charge in [0.15, 0.2) is 0 Å². The smallest absolute Gasteiger partial charge is 0.497 e. The van der Waals surface area contributed by atoms with E-state index in [1.54, 1.807) is 43.3 Å². The molecule has 3 aromatic rings. The zero-order valence-electron chi connectivity index (χ0n) is 23.2. The van der Waals surface area contributed by atoms with Crippen LogP contribution in [0.4, 0.5) is 24.5 Å². The average Bonchev–Trinajstić information content (AvgIpc) is 3.37. The van der Waals surface area contributed by atoms with Gasteiger partial charge in [0, 0.05) is 53.0 Å². The van der Waals surface area contributed by atoms with E-state index in [4.69, 9.17) is 25.8 Å². The fourth-order valence-corrected chi connectivity index (χ4v) is 4.75. The molecular weight excluding hydrogens is 577 g/mol. The van der Waals surface area contributed by atoms with Crippen molar-refractivity contribution in [2.75, 3.05) is 37.6 Å². The first kappa shape index (κ1) is 30.8. The van der Waals surface area contributed by atoms with Crippen molar-refractivity contribution < 1.29 is 41.7 Å². The van der Waals surface area contributed by atoms with E-state index >= 15 is 0 Å². The molecule has 0 radical (unpaired) electrons. The molecule has 4 rings (SSSR count). The van der Waals surface area contributed by atoms with Gasteiger partial charge in [0.05, 0.1) is 26.5 Å². The van der Waals surface area contributed by atoms with Crippen molar-refractivity contribution in [1.29, 1.82) is 0 Å². The molecule has 1 heterocycles. The van der Waals surface area contributed by atoms with Crippen LogP contribution >= 0.6 is 11.6 Å². The molecule has 1 N–H and O–H groups in total. The normalized spacial score (nSPS) is 14.0. The first-order valence-corrected chi connectivity index (χ1v) is 13.5. The number of ether oxygens (including phenoxy) is 4. The number of carbonyl (C=O) groups excluding carboxylic acids is 2. The number of amides is 1. The van der Waals surface area contributed by atoms with Gasteiger partial charge in [0.25, 0.3) is 5.91 Å². The van der Waals surface area contributed by atoms with Gasteiger partial charge in [-0.2, -0.15) is 0 Å². The minimum absolute atomic E-state index is 0.169. The van der Waals surface area contributed by atoms with E-state index < -0.39 is 24.1 Å². The molecule has 0 fully saturated rings. The maximum Gasteiger partial charge on any atom is 0.573 e. The van der Waals surface area contributed by atoms with Crippen LogP contribution in [0.3, 0.4) is 0 Å². The highest BCUT2D eigenvalue weighted by Gasteiger charge is 2.35. The van der Waals surface area contributed by atoms with Crippen molar-refractivity contribution >= 4 is 35.2 Å². The molecule has 3 aromatic carbocycles. The molecule has 1 aliphatic rings. The summed E-state index contributed by atoms with van der Waals surface area (Å²) in [5.74, 6) is 0.205. The molecule has 2 atom stereocenters. The summed E-state index contributed by atoms with van der Waals surface area (Å²) in [5.41, 5.74) is 1.95. The second-order valence-electron chi connectivity index (χ2n) is 9.69. The van der Waals surface area contributed by atoms with Gasteiger partial charge in [-0.05, 0) is 36.6 Å². The predicted molar refractivity (Wildman–Crippen MR) is 152 cm³/mol. The third-order valence-electron chi connectivity index (χ3n) is 6.71. The molecule has 0 saturated heterocycles. The number of benzene rings is 3. The van der Waals surface area contributed by atoms with Crippen LogP contribution in [0, 0.1) is 5.92 Å². The van der Waals surface area contributed by atoms with Gasteiger partial charge in [-0.25, -0.2) is 0 Å². The summed E-state index contributed by atoms with van der Waals surface area (Å²) in [6.45, 7) is 2.32. The predicted octanol–water partition coefficient (Wildman–Crippen LogP) is 6.60. The van der Waals surface area contributed by atoms with Crippen molar-refractivity contribution in [2.24, 2.45) is 5.92 Å². The minimum atomic E-state index is -4.88. The van der Waals surface area contributed by atoms with Gasteiger partial charge in [-0.3, -0.25) is 4.79 Å². The summed E-state index contributed by atoms with van der Waals surface area (Å²) < 4.78 is 59.7. The molecule has 224 valence electrons. The lowest BCUT2D eigenvalue weighted by Gasteiger charge is -2.27. The van der Waals surface area contributed by atoms with Gasteiger partial charge in [-0.1, -0.05) is 30.7 Å². The van der Waals surface area contributed by atoms with Crippen LogP contribution in [0.2, 0.25) is 5.02 Å². The third-order valence-corrected chi connectivity index (χ3v) is 6.94. The Hall–Kier alpha value is -4.12. The maximum atomic E-state index is 14.2. The van der Waals surface area contributed by atoms with Crippen LogP contribution in [0.1, 0.15) is 30.5 Å². The van der Waals surface area contributed by atoms with Crippen LogP contribution < -0.4 is 29.2 Å². The number of hydrogen-bond acceptors (Lipinski definition) is 7. The number of nitrogens with one attached hydrogen (secondary N) is 1. The Bertz CT molecular complexity index is 1430. The molecule has 1 aliphatic heterocycles. The number of alkyl halides is 3. The molecule has 12 heteroatoms. The monoisotopic (exact) mass is 606 g/mol. The Morgan fingerprint density at radius 2 is 1.81 bits per heavy atom. The van der Waals surface area contributed by atoms with E-state index in [0.29, 0.717) is 57.6 Å². The lowest BCUT2D eigenvalue weighted by atomic mass is 10.0. The highest BCUT2D eigenvalue weighted by molar-refractivity contribution is 6.30. The van der Waals surface area contributed by atoms with Gasteiger partial charge < -0.3 is 34.0 Å². The van der Waals surface area contributed by atoms with Gasteiger partial charge >= 0.3 is 6.36 Å². The number of hydrogen-bond donors (Lipinski definition) is 1. The zero-order chi connectivity index (χ0) is 30.4. The largest absolute Gasteiger partial charge is 0.573 e. The van der Waals surface area contributed by atoms with E-state index in [1.165, 1.54) is 37.3 Å². The Labute approximate surface area is 246 Å². The summed E-state index contributed by atoms with van der Waals surface area (Å²) >= 11 is 6.19. The Balaban J connectivity index is 1.70. The first-order chi connectivity index (χ1) is 20.0. The number of anilines is 2. The summed E-state index contributed by atoms with van der Waals surface area (Å²) in [5, 5.41) is 3.63. The Morgan fingerprint density at radius 3 is 2.50 bits per heavy atom. The molecule has 0 aromatic heterocycles. The van der Waals surface area contributed by atoms with Crippen molar-refractivity contribution in [3.8, 4) is 23.0 Å². The summed E-state index contributed by atoms with van der Waals surface area (Å²) in [7, 11) is 2.93. The number of fused-ring (bicyclic) bond motifs is 1. The summed E-state index contributed by atoms with van der Waals surface area (Å²) in [6.07, 6.45) is -3.05. The van der Waals surface area contributed by atoms with Crippen molar-refractivity contribution in [3.63, 3.8) is 0 Å². The summed E-state index contributed by atoms with van der Waals surface area (Å²) in [6, 6.07) is 12.8. The zero-order valence-corrected chi connectivity index (χ0v) is 23.9. The number of carbonyl (C=O) groups is 2. The van der Waals surface area contributed by atoms with Crippen LogP contribution in [0.25, 0.3) is 0 Å². The fraction of sp³-hybridized carbons (Fsp3) is 0.333. The van der Waals surface area contributed by atoms with E-state index in [1.807, 2.05) is 0 Å². The number of methoxy groups -OCH3 is 2. The molecule has 42 heavy (non-hydrogen) atoms. The highest BCUT2D eigenvalue weighted by atomic mass is 35.5. The van der Waals surface area contributed by atoms with Crippen LogP contribution in [-0.4, -0.2) is 45.9 Å². The van der Waals surface area contributed by atoms with Crippen molar-refractivity contribution in [3.05, 3.63) is 70.7 Å². The van der Waals surface area contributed by atoms with E-state index in [0.717, 1.165) is 6.29 Å². The van der Waals surface area contributed by atoms with Crippen LogP contribution in [0.15, 0.2) is 54.6 Å². The van der Waals surface area contributed by atoms with Gasteiger partial charge in [-0.15, -0.1) is 13.2 Å². The van der Waals surface area contributed by atoms with Gasteiger partial charge in [0.2, 0.25) is 0 Å². The topological polar surface area (TPSA) is 86.3 Å². The lowest BCUT2D eigenvalue weighted by Crippen LogP contribution is -2.37. The average molecular weight is 607 g/mol. The van der Waals surface area contributed by atoms with Crippen LogP contribution in [0.5, 0.6) is 23.0 Å². The van der Waals surface area contributed by atoms with Crippen molar-refractivity contribution in [1.82, 2.24) is 0 Å². The summed E-state index contributed by atoms with van der Waals surface area (Å²) in [4.78, 5) is 26.6. The lowest BCUT2D eigenvalue weighted by molar-refractivity contribution is -0.274. The molecule has 8 nitrogen and oxygen atoms in total. The minimum Gasteiger partial charge on any atom is -0.497 e. The van der Waals surface area contributed by atoms with E-state index in [9.17, 15) is 22.8 Å². The molecule has 0 spiro atoms. The molecule has 0 aliphatic carbocycles. The van der Waals surface area contributed by atoms with E-state index in [-0.39, 0.29) is 19.1 Å². The second kappa shape index (κ2) is 13.2. The molecule has 2 unspecified atom stereocenters. The van der Waals surface area contributed by atoms with E-state index in [2.05, 4.69) is 10.1 Å². The number of halogens is 4. The molecule has 0 saturated carbocycles. The number of rotatable bonds is 12. The number of nitrogens with zero attached hydrogens (tertiary/aromatic N) is 1. The molecule has 0 bridgehead atoms. The fourth-order valence-electron chi connectivity index (χ4n) is 4.59. The first-order valence-electron chi connectivity index (χ1n) is 13.1.